The largest absolute Gasteiger partial charge is 0.369 e. The Morgan fingerprint density at radius 1 is 1.36 bits per heavy atom. The van der Waals surface area contributed by atoms with Crippen LogP contribution in [0.15, 0.2) is 12.4 Å². The Morgan fingerprint density at radius 3 is 2.96 bits per heavy atom. The zero-order valence-electron chi connectivity index (χ0n) is 17.4. The molecule has 3 aliphatic heterocycles. The Kier molecular flexibility index (Phi) is 5.45. The van der Waals surface area contributed by atoms with Gasteiger partial charge in [0.15, 0.2) is 11.6 Å². The van der Waals surface area contributed by atoms with Crippen LogP contribution in [0.3, 0.4) is 0 Å². The molecule has 0 aliphatic carbocycles. The highest BCUT2D eigenvalue weighted by atomic mass is 16.5. The second kappa shape index (κ2) is 7.85. The summed E-state index contributed by atoms with van der Waals surface area (Å²) in [5.41, 5.74) is -0.0800. The van der Waals surface area contributed by atoms with Gasteiger partial charge in [-0.1, -0.05) is 19.8 Å². The first-order valence-corrected chi connectivity index (χ1v) is 10.7. The average molecular weight is 388 g/mol. The maximum Gasteiger partial charge on any atom is 0.220 e. The van der Waals surface area contributed by atoms with Crippen LogP contribution in [-0.2, 0) is 9.53 Å². The fourth-order valence-electron chi connectivity index (χ4n) is 5.34. The van der Waals surface area contributed by atoms with Crippen molar-refractivity contribution in [3.63, 3.8) is 0 Å². The van der Waals surface area contributed by atoms with Crippen LogP contribution in [0.2, 0.25) is 0 Å². The van der Waals surface area contributed by atoms with Crippen molar-refractivity contribution in [2.45, 2.75) is 57.2 Å². The number of carbonyl (C=O) groups is 1. The molecule has 1 amide bonds. The number of hydrogen-bond acceptors (Lipinski definition) is 6. The third-order valence-electron chi connectivity index (χ3n) is 6.71. The smallest absolute Gasteiger partial charge is 0.220 e. The maximum absolute atomic E-state index is 12.2. The van der Waals surface area contributed by atoms with Crippen molar-refractivity contribution in [2.75, 3.05) is 43.5 Å². The summed E-state index contributed by atoms with van der Waals surface area (Å²) in [4.78, 5) is 25.7. The summed E-state index contributed by atoms with van der Waals surface area (Å²) in [6.45, 7) is 4.69. The fourth-order valence-corrected chi connectivity index (χ4v) is 5.34. The molecule has 3 saturated heterocycles. The van der Waals surface area contributed by atoms with Crippen LogP contribution in [0.25, 0.3) is 0 Å². The van der Waals surface area contributed by atoms with E-state index in [0.29, 0.717) is 24.4 Å². The second-order valence-corrected chi connectivity index (χ2v) is 8.77. The third-order valence-corrected chi connectivity index (χ3v) is 6.71. The van der Waals surface area contributed by atoms with Crippen LogP contribution in [0, 0.1) is 11.8 Å². The Labute approximate surface area is 167 Å². The van der Waals surface area contributed by atoms with Gasteiger partial charge >= 0.3 is 0 Å². The van der Waals surface area contributed by atoms with E-state index in [9.17, 15) is 4.79 Å². The first-order chi connectivity index (χ1) is 13.5. The summed E-state index contributed by atoms with van der Waals surface area (Å²) in [6.07, 6.45) is 9.89. The van der Waals surface area contributed by atoms with Gasteiger partial charge in [0.2, 0.25) is 5.91 Å². The van der Waals surface area contributed by atoms with E-state index in [-0.39, 0.29) is 11.5 Å². The Hall–Kier alpha value is -1.89. The van der Waals surface area contributed by atoms with E-state index >= 15 is 0 Å². The van der Waals surface area contributed by atoms with E-state index in [0.717, 1.165) is 63.4 Å². The molecule has 4 rings (SSSR count). The van der Waals surface area contributed by atoms with Crippen LogP contribution in [0.4, 0.5) is 11.6 Å². The predicted molar refractivity (Wildman–Crippen MR) is 110 cm³/mol. The number of unbranched alkanes of at least 4 members (excludes halogenated alkanes) is 2. The molecule has 1 aromatic rings. The highest BCUT2D eigenvalue weighted by molar-refractivity contribution is 5.75. The van der Waals surface area contributed by atoms with Crippen molar-refractivity contribution in [1.82, 2.24) is 15.3 Å². The Balaban J connectivity index is 1.43. The topological polar surface area (TPSA) is 70.6 Å². The van der Waals surface area contributed by atoms with Gasteiger partial charge in [-0.2, -0.15) is 0 Å². The number of nitrogens with one attached hydrogen (secondary N) is 1. The van der Waals surface area contributed by atoms with Crippen molar-refractivity contribution in [3.05, 3.63) is 12.4 Å². The van der Waals surface area contributed by atoms with E-state index in [1.807, 2.05) is 19.0 Å². The molecule has 28 heavy (non-hydrogen) atoms. The molecular formula is C21H33N5O2. The number of nitrogens with zero attached hydrogens (tertiary/aromatic N) is 4. The lowest BCUT2D eigenvalue weighted by atomic mass is 9.73. The summed E-state index contributed by atoms with van der Waals surface area (Å²) in [6, 6.07) is 0. The Morgan fingerprint density at radius 2 is 2.18 bits per heavy atom. The van der Waals surface area contributed by atoms with Gasteiger partial charge in [0.05, 0.1) is 11.7 Å². The molecule has 2 bridgehead atoms. The van der Waals surface area contributed by atoms with E-state index in [1.54, 1.807) is 12.4 Å². The molecule has 1 spiro atoms. The molecule has 1 N–H and O–H groups in total. The number of amides is 1. The first kappa shape index (κ1) is 19.4. The highest BCUT2D eigenvalue weighted by Crippen LogP contribution is 2.55. The molecular weight excluding hydrogens is 354 g/mol. The first-order valence-electron chi connectivity index (χ1n) is 10.7. The number of fused-ring (bicyclic) bond motifs is 1. The fraction of sp³-hybridized carbons (Fsp3) is 0.762. The normalized spacial score (nSPS) is 30.5. The summed E-state index contributed by atoms with van der Waals surface area (Å²) >= 11 is 0. The van der Waals surface area contributed by atoms with Gasteiger partial charge in [0.25, 0.3) is 0 Å². The molecule has 4 heterocycles. The van der Waals surface area contributed by atoms with Gasteiger partial charge in [-0.05, 0) is 19.3 Å². The molecule has 4 atom stereocenters. The van der Waals surface area contributed by atoms with Gasteiger partial charge in [0, 0.05) is 64.4 Å². The molecule has 0 unspecified atom stereocenters. The summed E-state index contributed by atoms with van der Waals surface area (Å²) in [5, 5.41) is 3.19. The summed E-state index contributed by atoms with van der Waals surface area (Å²) < 4.78 is 6.52. The number of hydrogen-bond donors (Lipinski definition) is 1. The number of carbonyl (C=O) groups excluding carboxylic acids is 1. The molecule has 7 heteroatoms. The zero-order valence-corrected chi connectivity index (χ0v) is 17.4. The molecule has 3 aliphatic rings. The van der Waals surface area contributed by atoms with Gasteiger partial charge in [0.1, 0.15) is 0 Å². The molecule has 0 saturated carbocycles. The standard InChI is InChI=1S/C21H33N5O2/c1-4-5-6-7-18(27)24-12-15-16-13-26(14-21(16)9-8-17(15)28-21)20-19(25(2)3)22-10-11-23-20/h10-11,15-17H,4-9,12-14H2,1-3H3,(H,24,27)/t15-,16+,17+,21+/m0/s1. The number of aromatic nitrogens is 2. The lowest BCUT2D eigenvalue weighted by Crippen LogP contribution is -2.41. The second-order valence-electron chi connectivity index (χ2n) is 8.77. The lowest BCUT2D eigenvalue weighted by Gasteiger charge is -2.29. The van der Waals surface area contributed by atoms with Crippen molar-refractivity contribution in [3.8, 4) is 0 Å². The van der Waals surface area contributed by atoms with E-state index in [1.165, 1.54) is 0 Å². The number of anilines is 2. The van der Waals surface area contributed by atoms with E-state index < -0.39 is 0 Å². The van der Waals surface area contributed by atoms with Crippen molar-refractivity contribution >= 4 is 17.5 Å². The highest BCUT2D eigenvalue weighted by Gasteiger charge is 2.63. The minimum absolute atomic E-state index is 0.0800. The van der Waals surface area contributed by atoms with Gasteiger partial charge in [-0.25, -0.2) is 9.97 Å². The Bertz CT molecular complexity index is 712. The average Bonchev–Trinajstić information content (AvgIpc) is 3.35. The molecule has 1 aromatic heterocycles. The van der Waals surface area contributed by atoms with Crippen LogP contribution in [-0.4, -0.2) is 61.3 Å². The third kappa shape index (κ3) is 3.45. The predicted octanol–water partition coefficient (Wildman–Crippen LogP) is 2.22. The molecule has 154 valence electrons. The molecule has 0 aromatic carbocycles. The van der Waals surface area contributed by atoms with Crippen molar-refractivity contribution in [1.29, 1.82) is 0 Å². The van der Waals surface area contributed by atoms with Gasteiger partial charge in [-0.15, -0.1) is 0 Å². The van der Waals surface area contributed by atoms with Crippen LogP contribution < -0.4 is 15.1 Å². The molecule has 0 radical (unpaired) electrons. The SMILES string of the molecule is CCCCCC(=O)NC[C@H]1[C@H]2CN(c3nccnc3N(C)C)C[C@]23CC[C@H]1O3. The molecule has 3 fully saturated rings. The summed E-state index contributed by atoms with van der Waals surface area (Å²) in [7, 11) is 4.00. The van der Waals surface area contributed by atoms with Crippen molar-refractivity contribution < 1.29 is 9.53 Å². The van der Waals surface area contributed by atoms with Gasteiger partial charge < -0.3 is 19.9 Å². The minimum Gasteiger partial charge on any atom is -0.369 e. The van der Waals surface area contributed by atoms with Gasteiger partial charge in [-0.3, -0.25) is 4.79 Å². The van der Waals surface area contributed by atoms with Crippen LogP contribution in [0.1, 0.15) is 45.4 Å². The van der Waals surface area contributed by atoms with Crippen molar-refractivity contribution in [2.24, 2.45) is 11.8 Å². The van der Waals surface area contributed by atoms with Crippen LogP contribution in [0.5, 0.6) is 0 Å². The van der Waals surface area contributed by atoms with Crippen LogP contribution >= 0.6 is 0 Å². The van der Waals surface area contributed by atoms with E-state index in [4.69, 9.17) is 4.74 Å². The summed E-state index contributed by atoms with van der Waals surface area (Å²) in [5.74, 6) is 2.86. The lowest BCUT2D eigenvalue weighted by molar-refractivity contribution is -0.121. The quantitative estimate of drug-likeness (QED) is 0.690. The number of ether oxygens (including phenoxy) is 1. The minimum atomic E-state index is -0.0800. The van der Waals surface area contributed by atoms with E-state index in [2.05, 4.69) is 27.1 Å². The number of rotatable bonds is 8. The molecule has 7 nitrogen and oxygen atoms in total. The zero-order chi connectivity index (χ0) is 19.7. The monoisotopic (exact) mass is 387 g/mol. The maximum atomic E-state index is 12.2.